The van der Waals surface area contributed by atoms with E-state index in [0.29, 0.717) is 10.7 Å². The molecule has 3 nitrogen and oxygen atoms in total. The zero-order valence-corrected chi connectivity index (χ0v) is 8.45. The van der Waals surface area contributed by atoms with E-state index in [9.17, 15) is 4.79 Å². The van der Waals surface area contributed by atoms with Crippen LogP contribution in [0.25, 0.3) is 5.52 Å². The number of aldehydes is 1. The van der Waals surface area contributed by atoms with Gasteiger partial charge in [0.25, 0.3) is 0 Å². The molecule has 0 aliphatic rings. The molecule has 0 unspecified atom stereocenters. The van der Waals surface area contributed by atoms with E-state index in [2.05, 4.69) is 4.98 Å². The number of hydrogen-bond acceptors (Lipinski definition) is 2. The summed E-state index contributed by atoms with van der Waals surface area (Å²) in [5.74, 6) is 0. The van der Waals surface area contributed by atoms with Crippen LogP contribution in [0.5, 0.6) is 0 Å². The molecule has 0 spiro atoms. The number of carbonyl (C=O) groups is 1. The normalized spacial score (nSPS) is 10.7. The molecule has 0 aliphatic heterocycles. The molecule has 0 N–H and O–H groups in total. The van der Waals surface area contributed by atoms with Gasteiger partial charge in [-0.25, -0.2) is 4.98 Å². The lowest BCUT2D eigenvalue weighted by Crippen LogP contribution is -1.93. The van der Waals surface area contributed by atoms with Gasteiger partial charge in [0, 0.05) is 5.02 Å². The molecule has 0 aliphatic carbocycles. The summed E-state index contributed by atoms with van der Waals surface area (Å²) in [7, 11) is 0. The zero-order chi connectivity index (χ0) is 10.1. The smallest absolute Gasteiger partial charge is 0.166 e. The average Bonchev–Trinajstić information content (AvgIpc) is 2.59. The van der Waals surface area contributed by atoms with Gasteiger partial charge in [0.05, 0.1) is 16.9 Å². The van der Waals surface area contributed by atoms with Gasteiger partial charge in [0.2, 0.25) is 0 Å². The minimum Gasteiger partial charge on any atom is -0.296 e. The van der Waals surface area contributed by atoms with Crippen molar-refractivity contribution in [3.8, 4) is 0 Å². The number of carbonyl (C=O) groups excluding carboxylic acids is 1. The quantitative estimate of drug-likeness (QED) is 0.711. The average molecular weight is 209 g/mol. The first-order valence-electron chi connectivity index (χ1n) is 4.37. The molecule has 14 heavy (non-hydrogen) atoms. The Hall–Kier alpha value is -1.35. The van der Waals surface area contributed by atoms with Gasteiger partial charge < -0.3 is 0 Å². The summed E-state index contributed by atoms with van der Waals surface area (Å²) in [4.78, 5) is 15.0. The first-order chi connectivity index (χ1) is 6.76. The Bertz CT molecular complexity index is 490. The summed E-state index contributed by atoms with van der Waals surface area (Å²) < 4.78 is 1.75. The second kappa shape index (κ2) is 3.42. The van der Waals surface area contributed by atoms with Gasteiger partial charge >= 0.3 is 0 Å². The van der Waals surface area contributed by atoms with Crippen LogP contribution in [-0.2, 0) is 6.42 Å². The van der Waals surface area contributed by atoms with Crippen molar-refractivity contribution in [2.45, 2.75) is 13.3 Å². The second-order valence-corrected chi connectivity index (χ2v) is 3.45. The van der Waals surface area contributed by atoms with E-state index in [1.54, 1.807) is 16.8 Å². The molecule has 4 heteroatoms. The van der Waals surface area contributed by atoms with Crippen molar-refractivity contribution in [1.82, 2.24) is 9.38 Å². The highest BCUT2D eigenvalue weighted by Gasteiger charge is 2.06. The highest BCUT2D eigenvalue weighted by molar-refractivity contribution is 6.31. The van der Waals surface area contributed by atoms with E-state index in [-0.39, 0.29) is 0 Å². The standard InChI is InChI=1S/C10H9ClN2O/c1-2-9-10-4-7(11)3-8(5-14)13(10)6-12-9/h3-6H,2H2,1H3. The van der Waals surface area contributed by atoms with Crippen LogP contribution in [0.15, 0.2) is 18.5 Å². The number of nitrogens with zero attached hydrogens (tertiary/aromatic N) is 2. The van der Waals surface area contributed by atoms with Gasteiger partial charge in [-0.3, -0.25) is 9.20 Å². The summed E-state index contributed by atoms with van der Waals surface area (Å²) in [5, 5.41) is 0.565. The van der Waals surface area contributed by atoms with Crippen molar-refractivity contribution in [3.63, 3.8) is 0 Å². The Kier molecular flexibility index (Phi) is 2.25. The fraction of sp³-hybridized carbons (Fsp3) is 0.200. The first-order valence-corrected chi connectivity index (χ1v) is 4.74. The van der Waals surface area contributed by atoms with Crippen LogP contribution < -0.4 is 0 Å². The number of rotatable bonds is 2. The lowest BCUT2D eigenvalue weighted by atomic mass is 10.2. The van der Waals surface area contributed by atoms with Crippen molar-refractivity contribution in [2.24, 2.45) is 0 Å². The molecule has 0 aromatic carbocycles. The minimum absolute atomic E-state index is 0.528. The maximum Gasteiger partial charge on any atom is 0.166 e. The number of halogens is 1. The summed E-state index contributed by atoms with van der Waals surface area (Å²) in [5.41, 5.74) is 2.39. The molecular formula is C10H9ClN2O. The molecule has 0 radical (unpaired) electrons. The zero-order valence-electron chi connectivity index (χ0n) is 7.70. The van der Waals surface area contributed by atoms with E-state index in [4.69, 9.17) is 11.6 Å². The Morgan fingerprint density at radius 1 is 1.57 bits per heavy atom. The third-order valence-corrected chi connectivity index (χ3v) is 2.40. The number of pyridine rings is 1. The van der Waals surface area contributed by atoms with E-state index in [1.165, 1.54) is 0 Å². The fourth-order valence-electron chi connectivity index (χ4n) is 1.50. The molecule has 72 valence electrons. The molecule has 0 bridgehead atoms. The summed E-state index contributed by atoms with van der Waals surface area (Å²) >= 11 is 5.89. The van der Waals surface area contributed by atoms with E-state index in [1.807, 2.05) is 13.0 Å². The van der Waals surface area contributed by atoms with Crippen molar-refractivity contribution >= 4 is 23.4 Å². The Morgan fingerprint density at radius 2 is 2.36 bits per heavy atom. The van der Waals surface area contributed by atoms with Crippen LogP contribution in [-0.4, -0.2) is 15.7 Å². The lowest BCUT2D eigenvalue weighted by molar-refractivity contribution is 0.111. The number of aromatic nitrogens is 2. The number of aryl methyl sites for hydroxylation is 1. The predicted octanol–water partition coefficient (Wildman–Crippen LogP) is 2.36. The molecular weight excluding hydrogens is 200 g/mol. The van der Waals surface area contributed by atoms with Crippen molar-refractivity contribution in [3.05, 3.63) is 34.9 Å². The van der Waals surface area contributed by atoms with Gasteiger partial charge in [-0.1, -0.05) is 18.5 Å². The van der Waals surface area contributed by atoms with E-state index in [0.717, 1.165) is 23.9 Å². The van der Waals surface area contributed by atoms with Crippen LogP contribution in [0.4, 0.5) is 0 Å². The molecule has 0 fully saturated rings. The molecule has 0 saturated heterocycles. The molecule has 0 atom stereocenters. The summed E-state index contributed by atoms with van der Waals surface area (Å²) in [6, 6.07) is 3.45. The van der Waals surface area contributed by atoms with Crippen LogP contribution >= 0.6 is 11.6 Å². The summed E-state index contributed by atoms with van der Waals surface area (Å²) in [6.07, 6.45) is 3.25. The Morgan fingerprint density at radius 3 is 3.00 bits per heavy atom. The summed E-state index contributed by atoms with van der Waals surface area (Å²) in [6.45, 7) is 2.02. The third-order valence-electron chi connectivity index (χ3n) is 2.18. The molecule has 2 heterocycles. The predicted molar refractivity (Wildman–Crippen MR) is 55.0 cm³/mol. The maximum absolute atomic E-state index is 10.8. The third kappa shape index (κ3) is 1.30. The van der Waals surface area contributed by atoms with Gasteiger partial charge in [-0.05, 0) is 18.6 Å². The van der Waals surface area contributed by atoms with Crippen molar-refractivity contribution < 1.29 is 4.79 Å². The fourth-order valence-corrected chi connectivity index (χ4v) is 1.71. The highest BCUT2D eigenvalue weighted by atomic mass is 35.5. The topological polar surface area (TPSA) is 34.4 Å². The molecule has 2 aromatic rings. The van der Waals surface area contributed by atoms with E-state index >= 15 is 0 Å². The Balaban J connectivity index is 2.83. The van der Waals surface area contributed by atoms with Gasteiger partial charge in [-0.2, -0.15) is 0 Å². The van der Waals surface area contributed by atoms with Crippen molar-refractivity contribution in [2.75, 3.05) is 0 Å². The minimum atomic E-state index is 0.528. The molecule has 2 rings (SSSR count). The van der Waals surface area contributed by atoms with Gasteiger partial charge in [0.15, 0.2) is 6.29 Å². The van der Waals surface area contributed by atoms with E-state index < -0.39 is 0 Å². The second-order valence-electron chi connectivity index (χ2n) is 3.02. The number of imidazole rings is 1. The highest BCUT2D eigenvalue weighted by Crippen LogP contribution is 2.18. The van der Waals surface area contributed by atoms with Crippen LogP contribution in [0.3, 0.4) is 0 Å². The monoisotopic (exact) mass is 208 g/mol. The largest absolute Gasteiger partial charge is 0.296 e. The van der Waals surface area contributed by atoms with Crippen molar-refractivity contribution in [1.29, 1.82) is 0 Å². The molecule has 2 aromatic heterocycles. The number of fused-ring (bicyclic) bond motifs is 1. The van der Waals surface area contributed by atoms with Crippen LogP contribution in [0.1, 0.15) is 23.1 Å². The lowest BCUT2D eigenvalue weighted by Gasteiger charge is -2.00. The molecule has 0 amide bonds. The van der Waals surface area contributed by atoms with Crippen LogP contribution in [0.2, 0.25) is 5.02 Å². The van der Waals surface area contributed by atoms with Gasteiger partial charge in [0.1, 0.15) is 6.33 Å². The number of hydrogen-bond donors (Lipinski definition) is 0. The maximum atomic E-state index is 10.8. The molecule has 0 saturated carbocycles. The van der Waals surface area contributed by atoms with Crippen LogP contribution in [0, 0.1) is 0 Å². The van der Waals surface area contributed by atoms with Gasteiger partial charge in [-0.15, -0.1) is 0 Å². The Labute approximate surface area is 86.3 Å². The first kappa shape index (κ1) is 9.21. The SMILES string of the molecule is CCc1ncn2c(C=O)cc(Cl)cc12.